The van der Waals surface area contributed by atoms with E-state index in [0.29, 0.717) is 5.92 Å². The smallest absolute Gasteiger partial charge is 0.0376 e. The third kappa shape index (κ3) is 2.77. The first kappa shape index (κ1) is 12.9. The van der Waals surface area contributed by atoms with Gasteiger partial charge in [-0.25, -0.2) is 0 Å². The second-order valence-corrected chi connectivity index (χ2v) is 6.16. The van der Waals surface area contributed by atoms with Gasteiger partial charge >= 0.3 is 0 Å². The van der Waals surface area contributed by atoms with Crippen LogP contribution in [0.5, 0.6) is 0 Å². The molecule has 3 heteroatoms. The Morgan fingerprint density at radius 2 is 2.16 bits per heavy atom. The molecule has 3 rings (SSSR count). The number of likely N-dealkylation sites (tertiary alicyclic amines) is 1. The fraction of sp³-hybridized carbons (Fsp3) is 0.625. The molecule has 1 aromatic carbocycles. The van der Waals surface area contributed by atoms with Gasteiger partial charge in [-0.3, -0.25) is 0 Å². The maximum absolute atomic E-state index is 3.52. The number of hydrogen-bond acceptors (Lipinski definition) is 3. The zero-order valence-corrected chi connectivity index (χ0v) is 12.1. The molecule has 2 unspecified atom stereocenters. The lowest BCUT2D eigenvalue weighted by atomic mass is 10.0. The lowest BCUT2D eigenvalue weighted by Gasteiger charge is -2.27. The summed E-state index contributed by atoms with van der Waals surface area (Å²) >= 11 is 0. The molecule has 3 nitrogen and oxygen atoms in total. The van der Waals surface area contributed by atoms with Gasteiger partial charge in [-0.15, -0.1) is 0 Å². The van der Waals surface area contributed by atoms with Crippen LogP contribution in [0.15, 0.2) is 24.3 Å². The second kappa shape index (κ2) is 5.51. The highest BCUT2D eigenvalue weighted by Gasteiger charge is 2.26. The maximum Gasteiger partial charge on any atom is 0.0376 e. The minimum absolute atomic E-state index is 0.646. The van der Waals surface area contributed by atoms with Crippen LogP contribution in [-0.2, 0) is 0 Å². The molecule has 0 saturated carbocycles. The van der Waals surface area contributed by atoms with Crippen molar-refractivity contribution in [1.29, 1.82) is 0 Å². The lowest BCUT2D eigenvalue weighted by molar-refractivity contribution is 0.214. The van der Waals surface area contributed by atoms with Crippen molar-refractivity contribution in [2.45, 2.75) is 24.8 Å². The average molecular weight is 259 g/mol. The van der Waals surface area contributed by atoms with E-state index in [1.54, 1.807) is 0 Å². The first-order chi connectivity index (χ1) is 9.24. The average Bonchev–Trinajstić information content (AvgIpc) is 2.98. The third-order valence-electron chi connectivity index (χ3n) is 4.67. The second-order valence-electron chi connectivity index (χ2n) is 6.16. The molecule has 104 valence electrons. The Bertz CT molecular complexity index is 432. The van der Waals surface area contributed by atoms with Crippen molar-refractivity contribution in [2.24, 2.45) is 0 Å². The molecule has 0 aliphatic carbocycles. The van der Waals surface area contributed by atoms with Crippen molar-refractivity contribution in [2.75, 3.05) is 45.6 Å². The molecule has 0 aromatic heterocycles. The number of para-hydroxylation sites is 1. The van der Waals surface area contributed by atoms with Crippen LogP contribution in [0.1, 0.15) is 24.3 Å². The van der Waals surface area contributed by atoms with E-state index < -0.39 is 0 Å². The molecule has 2 atom stereocenters. The van der Waals surface area contributed by atoms with Gasteiger partial charge < -0.3 is 15.1 Å². The fourth-order valence-corrected chi connectivity index (χ4v) is 3.54. The van der Waals surface area contributed by atoms with Gasteiger partial charge in [-0.1, -0.05) is 18.2 Å². The Morgan fingerprint density at radius 1 is 1.32 bits per heavy atom. The fourth-order valence-electron chi connectivity index (χ4n) is 3.54. The van der Waals surface area contributed by atoms with Crippen molar-refractivity contribution in [1.82, 2.24) is 9.80 Å². The summed E-state index contributed by atoms with van der Waals surface area (Å²) in [6.07, 6.45) is 2.73. The van der Waals surface area contributed by atoms with Crippen molar-refractivity contribution in [3.63, 3.8) is 0 Å². The van der Waals surface area contributed by atoms with Gasteiger partial charge in [0.25, 0.3) is 0 Å². The van der Waals surface area contributed by atoms with Crippen molar-refractivity contribution >= 4 is 5.69 Å². The molecule has 2 heterocycles. The summed E-state index contributed by atoms with van der Waals surface area (Å²) < 4.78 is 0. The highest BCUT2D eigenvalue weighted by molar-refractivity contribution is 5.57. The van der Waals surface area contributed by atoms with Gasteiger partial charge in [0.2, 0.25) is 0 Å². The summed E-state index contributed by atoms with van der Waals surface area (Å²) in [7, 11) is 4.53. The monoisotopic (exact) mass is 259 g/mol. The van der Waals surface area contributed by atoms with Crippen LogP contribution in [0.2, 0.25) is 0 Å². The van der Waals surface area contributed by atoms with E-state index in [1.165, 1.54) is 37.2 Å². The molecule has 1 fully saturated rings. The quantitative estimate of drug-likeness (QED) is 0.894. The number of benzene rings is 1. The Kier molecular flexibility index (Phi) is 3.76. The Hall–Kier alpha value is -1.06. The van der Waals surface area contributed by atoms with Crippen molar-refractivity contribution < 1.29 is 0 Å². The highest BCUT2D eigenvalue weighted by atomic mass is 15.2. The number of hydrogen-bond donors (Lipinski definition) is 1. The lowest BCUT2D eigenvalue weighted by Crippen LogP contribution is -2.38. The van der Waals surface area contributed by atoms with E-state index in [4.69, 9.17) is 0 Å². The number of likely N-dealkylation sites (N-methyl/N-ethyl adjacent to an activating group) is 2. The Morgan fingerprint density at radius 3 is 2.95 bits per heavy atom. The first-order valence-corrected chi connectivity index (χ1v) is 7.45. The van der Waals surface area contributed by atoms with Crippen LogP contribution in [0.4, 0.5) is 5.69 Å². The molecule has 1 N–H and O–H groups in total. The van der Waals surface area contributed by atoms with Gasteiger partial charge in [0, 0.05) is 37.3 Å². The molecule has 19 heavy (non-hydrogen) atoms. The Balaban J connectivity index is 1.57. The Labute approximate surface area is 116 Å². The molecule has 0 amide bonds. The van der Waals surface area contributed by atoms with Gasteiger partial charge in [-0.2, -0.15) is 0 Å². The molecule has 0 bridgehead atoms. The summed E-state index contributed by atoms with van der Waals surface area (Å²) in [4.78, 5) is 5.03. The van der Waals surface area contributed by atoms with Crippen molar-refractivity contribution in [3.8, 4) is 0 Å². The topological polar surface area (TPSA) is 18.5 Å². The predicted molar refractivity (Wildman–Crippen MR) is 80.8 cm³/mol. The van der Waals surface area contributed by atoms with Crippen LogP contribution in [0.3, 0.4) is 0 Å². The molecular formula is C16H25N3. The van der Waals surface area contributed by atoms with Crippen LogP contribution in [0, 0.1) is 0 Å². The molecule has 2 aliphatic heterocycles. The summed E-state index contributed by atoms with van der Waals surface area (Å²) in [6, 6.07) is 9.50. The van der Waals surface area contributed by atoms with Gasteiger partial charge in [0.15, 0.2) is 0 Å². The zero-order chi connectivity index (χ0) is 13.2. The number of fused-ring (bicyclic) bond motifs is 1. The van der Waals surface area contributed by atoms with Gasteiger partial charge in [0.1, 0.15) is 0 Å². The van der Waals surface area contributed by atoms with E-state index in [-0.39, 0.29) is 0 Å². The van der Waals surface area contributed by atoms with Crippen molar-refractivity contribution in [3.05, 3.63) is 29.8 Å². The minimum Gasteiger partial charge on any atom is -0.384 e. The summed E-state index contributed by atoms with van der Waals surface area (Å²) in [5.41, 5.74) is 2.83. The van der Waals surface area contributed by atoms with E-state index in [1.807, 2.05) is 0 Å². The van der Waals surface area contributed by atoms with E-state index in [9.17, 15) is 0 Å². The minimum atomic E-state index is 0.646. The number of anilines is 1. The number of nitrogens with zero attached hydrogens (tertiary/aromatic N) is 2. The SMILES string of the molecule is CN(CC1CNc2ccccc21)CC1CCCN1C. The summed E-state index contributed by atoms with van der Waals surface area (Å²) in [6.45, 7) is 4.72. The first-order valence-electron chi connectivity index (χ1n) is 7.45. The number of rotatable bonds is 4. The van der Waals surface area contributed by atoms with E-state index >= 15 is 0 Å². The predicted octanol–water partition coefficient (Wildman–Crippen LogP) is 2.22. The summed E-state index contributed by atoms with van der Waals surface area (Å²) in [5.74, 6) is 0.646. The maximum atomic E-state index is 3.52. The molecule has 0 radical (unpaired) electrons. The summed E-state index contributed by atoms with van der Waals surface area (Å²) in [5, 5.41) is 3.52. The zero-order valence-electron chi connectivity index (χ0n) is 12.1. The largest absolute Gasteiger partial charge is 0.384 e. The molecule has 1 saturated heterocycles. The highest BCUT2D eigenvalue weighted by Crippen LogP contribution is 2.31. The van der Waals surface area contributed by atoms with Gasteiger partial charge in [-0.05, 0) is 45.1 Å². The molecular weight excluding hydrogens is 234 g/mol. The van der Waals surface area contributed by atoms with Crippen LogP contribution in [0.25, 0.3) is 0 Å². The van der Waals surface area contributed by atoms with E-state index in [2.05, 4.69) is 53.5 Å². The standard InChI is InChI=1S/C16H25N3/c1-18(12-14-6-5-9-19(14)2)11-13-10-17-16-8-4-3-7-15(13)16/h3-4,7-8,13-14,17H,5-6,9-12H2,1-2H3. The van der Waals surface area contributed by atoms with Crippen LogP contribution >= 0.6 is 0 Å². The van der Waals surface area contributed by atoms with Gasteiger partial charge in [0.05, 0.1) is 0 Å². The molecule has 0 spiro atoms. The van der Waals surface area contributed by atoms with Crippen LogP contribution < -0.4 is 5.32 Å². The third-order valence-corrected chi connectivity index (χ3v) is 4.67. The molecule has 2 aliphatic rings. The number of nitrogens with one attached hydrogen (secondary N) is 1. The van der Waals surface area contributed by atoms with Crippen LogP contribution in [-0.4, -0.2) is 56.1 Å². The van der Waals surface area contributed by atoms with E-state index in [0.717, 1.165) is 19.1 Å². The normalized spacial score (nSPS) is 26.7. The molecule has 1 aromatic rings.